The summed E-state index contributed by atoms with van der Waals surface area (Å²) in [5, 5.41) is 6.71. The predicted molar refractivity (Wildman–Crippen MR) is 90.1 cm³/mol. The third-order valence-electron chi connectivity index (χ3n) is 2.97. The molecule has 3 rings (SSSR count). The number of halogens is 1. The zero-order valence-corrected chi connectivity index (χ0v) is 12.6. The van der Waals surface area contributed by atoms with E-state index in [-0.39, 0.29) is 6.03 Å². The molecule has 100 valence electrons. The molecule has 0 radical (unpaired) electrons. The Labute approximate surface area is 129 Å². The Bertz CT molecular complexity index is 766. The van der Waals surface area contributed by atoms with Gasteiger partial charge in [0, 0.05) is 20.7 Å². The first-order valence-corrected chi connectivity index (χ1v) is 7.20. The molecule has 0 saturated carbocycles. The molecular formula is C15H12IN3O. The van der Waals surface area contributed by atoms with Gasteiger partial charge in [-0.15, -0.1) is 0 Å². The van der Waals surface area contributed by atoms with Gasteiger partial charge in [-0.25, -0.2) is 4.79 Å². The highest BCUT2D eigenvalue weighted by atomic mass is 127. The number of para-hydroxylation sites is 1. The molecule has 0 saturated heterocycles. The fraction of sp³-hybridized carbons (Fsp3) is 0. The topological polar surface area (TPSA) is 56.9 Å². The van der Waals surface area contributed by atoms with Crippen molar-refractivity contribution in [2.75, 3.05) is 10.6 Å². The van der Waals surface area contributed by atoms with Gasteiger partial charge in [-0.1, -0.05) is 18.2 Å². The number of H-pyrrole nitrogens is 1. The van der Waals surface area contributed by atoms with Crippen molar-refractivity contribution in [2.24, 2.45) is 0 Å². The largest absolute Gasteiger partial charge is 0.361 e. The zero-order chi connectivity index (χ0) is 13.9. The minimum atomic E-state index is -0.247. The molecule has 3 N–H and O–H groups in total. The second-order valence-corrected chi connectivity index (χ2v) is 5.47. The number of urea groups is 1. The molecule has 0 aliphatic carbocycles. The van der Waals surface area contributed by atoms with Gasteiger partial charge in [0.2, 0.25) is 0 Å². The minimum absolute atomic E-state index is 0.247. The summed E-state index contributed by atoms with van der Waals surface area (Å²) in [6.45, 7) is 0. The van der Waals surface area contributed by atoms with E-state index in [0.717, 1.165) is 25.8 Å². The maximum Gasteiger partial charge on any atom is 0.323 e. The second kappa shape index (κ2) is 5.54. The fourth-order valence-electron chi connectivity index (χ4n) is 2.03. The van der Waals surface area contributed by atoms with Gasteiger partial charge < -0.3 is 15.6 Å². The molecule has 2 amide bonds. The number of carbonyl (C=O) groups excluding carboxylic acids is 1. The lowest BCUT2D eigenvalue weighted by Crippen LogP contribution is -2.20. The molecule has 20 heavy (non-hydrogen) atoms. The summed E-state index contributed by atoms with van der Waals surface area (Å²) in [4.78, 5) is 15.2. The highest BCUT2D eigenvalue weighted by Gasteiger charge is 2.07. The van der Waals surface area contributed by atoms with Gasteiger partial charge in [-0.2, -0.15) is 0 Å². The molecule has 0 aliphatic heterocycles. The van der Waals surface area contributed by atoms with E-state index in [1.165, 1.54) is 0 Å². The summed E-state index contributed by atoms with van der Waals surface area (Å²) in [6, 6.07) is 15.1. The molecule has 0 fully saturated rings. The Morgan fingerprint density at radius 2 is 1.70 bits per heavy atom. The van der Waals surface area contributed by atoms with Crippen molar-refractivity contribution in [1.29, 1.82) is 0 Å². The number of aromatic amines is 1. The van der Waals surface area contributed by atoms with Crippen molar-refractivity contribution in [2.45, 2.75) is 0 Å². The fourth-order valence-corrected chi connectivity index (χ4v) is 2.56. The van der Waals surface area contributed by atoms with Crippen molar-refractivity contribution < 1.29 is 4.79 Å². The summed E-state index contributed by atoms with van der Waals surface area (Å²) >= 11 is 2.19. The normalized spacial score (nSPS) is 10.4. The van der Waals surface area contributed by atoms with Crippen LogP contribution >= 0.6 is 22.6 Å². The molecule has 1 aromatic heterocycles. The Kier molecular flexibility index (Phi) is 3.60. The van der Waals surface area contributed by atoms with Crippen LogP contribution in [0.1, 0.15) is 0 Å². The first-order chi connectivity index (χ1) is 9.74. The van der Waals surface area contributed by atoms with Gasteiger partial charge in [-0.05, 0) is 52.9 Å². The zero-order valence-electron chi connectivity index (χ0n) is 10.5. The van der Waals surface area contributed by atoms with Crippen LogP contribution in [0.5, 0.6) is 0 Å². The number of nitrogens with one attached hydrogen (secondary N) is 3. The monoisotopic (exact) mass is 377 g/mol. The van der Waals surface area contributed by atoms with Crippen molar-refractivity contribution in [3.05, 3.63) is 58.3 Å². The number of hydrogen-bond donors (Lipinski definition) is 3. The molecule has 0 atom stereocenters. The lowest BCUT2D eigenvalue weighted by Gasteiger charge is -2.09. The van der Waals surface area contributed by atoms with Gasteiger partial charge >= 0.3 is 6.03 Å². The van der Waals surface area contributed by atoms with Crippen molar-refractivity contribution >= 4 is 50.9 Å². The van der Waals surface area contributed by atoms with Crippen LogP contribution in [0, 0.1) is 3.57 Å². The number of rotatable bonds is 2. The minimum Gasteiger partial charge on any atom is -0.361 e. The Morgan fingerprint density at radius 1 is 0.950 bits per heavy atom. The number of carbonyl (C=O) groups is 1. The molecule has 4 nitrogen and oxygen atoms in total. The highest BCUT2D eigenvalue weighted by Crippen LogP contribution is 2.23. The quantitative estimate of drug-likeness (QED) is 0.569. The summed E-state index contributed by atoms with van der Waals surface area (Å²) in [5.74, 6) is 0. The molecule has 1 heterocycles. The maximum atomic E-state index is 12.1. The van der Waals surface area contributed by atoms with Gasteiger partial charge in [-0.3, -0.25) is 0 Å². The van der Waals surface area contributed by atoms with Crippen molar-refractivity contribution in [3.63, 3.8) is 0 Å². The Balaban J connectivity index is 1.80. The smallest absolute Gasteiger partial charge is 0.323 e. The van der Waals surface area contributed by atoms with Crippen LogP contribution in [0.2, 0.25) is 0 Å². The number of fused-ring (bicyclic) bond motifs is 1. The van der Waals surface area contributed by atoms with Gasteiger partial charge in [0.1, 0.15) is 0 Å². The summed E-state index contributed by atoms with van der Waals surface area (Å²) in [7, 11) is 0. The van der Waals surface area contributed by atoms with Crippen molar-refractivity contribution in [3.8, 4) is 0 Å². The lowest BCUT2D eigenvalue weighted by atomic mass is 10.2. The van der Waals surface area contributed by atoms with E-state index < -0.39 is 0 Å². The van der Waals surface area contributed by atoms with E-state index in [1.54, 1.807) is 0 Å². The van der Waals surface area contributed by atoms with E-state index in [2.05, 4.69) is 38.2 Å². The van der Waals surface area contributed by atoms with E-state index in [0.29, 0.717) is 0 Å². The third kappa shape index (κ3) is 2.62. The molecule has 5 heteroatoms. The average molecular weight is 377 g/mol. The predicted octanol–water partition coefficient (Wildman–Crippen LogP) is 4.42. The summed E-state index contributed by atoms with van der Waals surface area (Å²) < 4.78 is 1.00. The third-order valence-corrected chi connectivity index (χ3v) is 3.91. The van der Waals surface area contributed by atoms with Crippen LogP contribution in [0.4, 0.5) is 16.2 Å². The average Bonchev–Trinajstić information content (AvgIpc) is 2.91. The van der Waals surface area contributed by atoms with E-state index in [1.807, 2.05) is 54.7 Å². The Morgan fingerprint density at radius 3 is 2.55 bits per heavy atom. The van der Waals surface area contributed by atoms with Crippen LogP contribution in [0.25, 0.3) is 10.9 Å². The molecule has 0 spiro atoms. The van der Waals surface area contributed by atoms with E-state index in [4.69, 9.17) is 0 Å². The SMILES string of the molecule is O=C(Nc1ccccc1I)Nc1cccc2[nH]ccc12. The maximum absolute atomic E-state index is 12.1. The number of anilines is 2. The van der Waals surface area contributed by atoms with Gasteiger partial charge in [0.25, 0.3) is 0 Å². The molecule has 3 aromatic rings. The molecule has 0 bridgehead atoms. The van der Waals surface area contributed by atoms with E-state index in [9.17, 15) is 4.79 Å². The first-order valence-electron chi connectivity index (χ1n) is 6.13. The summed E-state index contributed by atoms with van der Waals surface area (Å²) in [5.41, 5.74) is 2.58. The summed E-state index contributed by atoms with van der Waals surface area (Å²) in [6.07, 6.45) is 1.86. The van der Waals surface area contributed by atoms with Crippen LogP contribution in [-0.4, -0.2) is 11.0 Å². The molecule has 0 unspecified atom stereocenters. The number of benzene rings is 2. The van der Waals surface area contributed by atoms with Crippen LogP contribution in [-0.2, 0) is 0 Å². The molecular weight excluding hydrogens is 365 g/mol. The lowest BCUT2D eigenvalue weighted by molar-refractivity contribution is 0.262. The second-order valence-electron chi connectivity index (χ2n) is 4.30. The van der Waals surface area contributed by atoms with E-state index >= 15 is 0 Å². The van der Waals surface area contributed by atoms with Crippen molar-refractivity contribution in [1.82, 2.24) is 4.98 Å². The first kappa shape index (κ1) is 13.0. The van der Waals surface area contributed by atoms with Crippen LogP contribution in [0.3, 0.4) is 0 Å². The Hall–Kier alpha value is -2.02. The van der Waals surface area contributed by atoms with Gasteiger partial charge in [0.15, 0.2) is 0 Å². The standard InChI is InChI=1S/C15H12IN3O/c16-11-4-1-2-5-14(11)19-15(20)18-13-7-3-6-12-10(13)8-9-17-12/h1-9,17H,(H2,18,19,20). The van der Waals surface area contributed by atoms with Crippen LogP contribution in [0.15, 0.2) is 54.7 Å². The van der Waals surface area contributed by atoms with Gasteiger partial charge in [0.05, 0.1) is 11.4 Å². The molecule has 0 aliphatic rings. The van der Waals surface area contributed by atoms with Crippen LogP contribution < -0.4 is 10.6 Å². The number of hydrogen-bond acceptors (Lipinski definition) is 1. The number of aromatic nitrogens is 1. The number of amides is 2. The highest BCUT2D eigenvalue weighted by molar-refractivity contribution is 14.1. The molecule has 2 aromatic carbocycles.